The van der Waals surface area contributed by atoms with Gasteiger partial charge in [0.15, 0.2) is 12.4 Å². The molecule has 0 fully saturated rings. The van der Waals surface area contributed by atoms with Crippen LogP contribution in [0.3, 0.4) is 0 Å². The number of carbonyl (C=O) groups is 4. The second kappa shape index (κ2) is 9.44. The summed E-state index contributed by atoms with van der Waals surface area (Å²) < 4.78 is 5.83. The van der Waals surface area contributed by atoms with Gasteiger partial charge in [-0.15, -0.1) is 0 Å². The number of carboxylic acids is 1. The average Bonchev–Trinajstić information content (AvgIpc) is 2.65. The first-order valence-corrected chi connectivity index (χ1v) is 8.42. The molecule has 0 saturated carbocycles. The van der Waals surface area contributed by atoms with Crippen LogP contribution in [0, 0.1) is 0 Å². The molecule has 0 atom stereocenters. The van der Waals surface area contributed by atoms with Crippen molar-refractivity contribution < 1.29 is 29.0 Å². The van der Waals surface area contributed by atoms with Gasteiger partial charge in [0.25, 0.3) is 0 Å². The highest BCUT2D eigenvalue weighted by Gasteiger charge is 2.12. The van der Waals surface area contributed by atoms with Crippen molar-refractivity contribution in [3.63, 3.8) is 0 Å². The SMILES string of the molecule is O=C(O)/C=C/C(=O)Nc1ccc(C(=O)OCC(=O)c2ccc(Br)cc2)cc1. The first-order chi connectivity index (χ1) is 12.8. The molecule has 0 aliphatic heterocycles. The van der Waals surface area contributed by atoms with E-state index in [1.807, 2.05) is 0 Å². The van der Waals surface area contributed by atoms with Crippen molar-refractivity contribution in [2.75, 3.05) is 11.9 Å². The average molecular weight is 432 g/mol. The third-order valence-corrected chi connectivity index (χ3v) is 3.79. The van der Waals surface area contributed by atoms with Crippen LogP contribution in [0.2, 0.25) is 0 Å². The Morgan fingerprint density at radius 1 is 0.926 bits per heavy atom. The van der Waals surface area contributed by atoms with Crippen molar-refractivity contribution in [1.82, 2.24) is 0 Å². The minimum Gasteiger partial charge on any atom is -0.478 e. The molecular formula is C19H14BrNO6. The molecule has 2 aromatic rings. The van der Waals surface area contributed by atoms with E-state index < -0.39 is 17.8 Å². The fourth-order valence-electron chi connectivity index (χ4n) is 1.95. The lowest BCUT2D eigenvalue weighted by Crippen LogP contribution is -2.14. The number of amides is 1. The molecule has 2 N–H and O–H groups in total. The summed E-state index contributed by atoms with van der Waals surface area (Å²) in [5.74, 6) is -2.86. The number of halogens is 1. The topological polar surface area (TPSA) is 110 Å². The normalized spacial score (nSPS) is 10.4. The highest BCUT2D eigenvalue weighted by Crippen LogP contribution is 2.13. The van der Waals surface area contributed by atoms with Gasteiger partial charge in [-0.3, -0.25) is 9.59 Å². The zero-order valence-electron chi connectivity index (χ0n) is 13.8. The van der Waals surface area contributed by atoms with Gasteiger partial charge in [-0.25, -0.2) is 9.59 Å². The number of carboxylic acid groups (broad SMARTS) is 1. The summed E-state index contributed by atoms with van der Waals surface area (Å²) in [6, 6.07) is 12.4. The Kier molecular flexibility index (Phi) is 7.01. The molecule has 0 bridgehead atoms. The van der Waals surface area contributed by atoms with Gasteiger partial charge in [0, 0.05) is 27.9 Å². The summed E-state index contributed by atoms with van der Waals surface area (Å²) in [7, 11) is 0. The number of Topliss-reactive ketones (excluding diaryl/α,β-unsaturated/α-hetero) is 1. The van der Waals surface area contributed by atoms with Gasteiger partial charge >= 0.3 is 11.9 Å². The van der Waals surface area contributed by atoms with Gasteiger partial charge < -0.3 is 15.2 Å². The molecule has 0 radical (unpaired) electrons. The molecule has 0 saturated heterocycles. The van der Waals surface area contributed by atoms with Gasteiger partial charge in [0.1, 0.15) is 0 Å². The number of hydrogen-bond acceptors (Lipinski definition) is 5. The Balaban J connectivity index is 1.89. The number of esters is 1. The molecule has 0 aliphatic rings. The molecule has 138 valence electrons. The van der Waals surface area contributed by atoms with E-state index in [9.17, 15) is 19.2 Å². The van der Waals surface area contributed by atoms with Crippen LogP contribution in [-0.2, 0) is 14.3 Å². The van der Waals surface area contributed by atoms with E-state index in [0.717, 1.165) is 10.5 Å². The monoisotopic (exact) mass is 431 g/mol. The van der Waals surface area contributed by atoms with E-state index in [4.69, 9.17) is 9.84 Å². The summed E-state index contributed by atoms with van der Waals surface area (Å²) in [5, 5.41) is 10.9. The van der Waals surface area contributed by atoms with Crippen molar-refractivity contribution >= 4 is 45.2 Å². The number of aliphatic carboxylic acids is 1. The molecule has 0 spiro atoms. The van der Waals surface area contributed by atoms with Gasteiger partial charge in [-0.1, -0.05) is 28.1 Å². The Labute approximate surface area is 162 Å². The summed E-state index contributed by atoms with van der Waals surface area (Å²) >= 11 is 3.27. The van der Waals surface area contributed by atoms with E-state index in [1.165, 1.54) is 24.3 Å². The molecule has 27 heavy (non-hydrogen) atoms. The van der Waals surface area contributed by atoms with Gasteiger partial charge in [0.2, 0.25) is 5.91 Å². The van der Waals surface area contributed by atoms with E-state index in [1.54, 1.807) is 24.3 Å². The lowest BCUT2D eigenvalue weighted by atomic mass is 10.1. The van der Waals surface area contributed by atoms with Gasteiger partial charge in [-0.05, 0) is 36.4 Å². The number of ketones is 1. The Bertz CT molecular complexity index is 887. The first kappa shape index (κ1) is 20.1. The molecule has 0 unspecified atom stereocenters. The maximum atomic E-state index is 12.0. The third kappa shape index (κ3) is 6.52. The number of hydrogen-bond donors (Lipinski definition) is 2. The quantitative estimate of drug-likeness (QED) is 0.396. The summed E-state index contributed by atoms with van der Waals surface area (Å²) in [5.41, 5.74) is 1.01. The first-order valence-electron chi connectivity index (χ1n) is 7.63. The maximum absolute atomic E-state index is 12.0. The van der Waals surface area contributed by atoms with Crippen LogP contribution in [0.15, 0.2) is 65.2 Å². The van der Waals surface area contributed by atoms with Crippen LogP contribution in [0.4, 0.5) is 5.69 Å². The lowest BCUT2D eigenvalue weighted by Gasteiger charge is -2.06. The van der Waals surface area contributed by atoms with Gasteiger partial charge in [-0.2, -0.15) is 0 Å². The minimum atomic E-state index is -1.24. The van der Waals surface area contributed by atoms with Crippen LogP contribution in [0.25, 0.3) is 0 Å². The molecule has 7 nitrogen and oxygen atoms in total. The third-order valence-electron chi connectivity index (χ3n) is 3.27. The van der Waals surface area contributed by atoms with Crippen molar-refractivity contribution in [3.05, 3.63) is 76.3 Å². The van der Waals surface area contributed by atoms with Crippen LogP contribution in [0.1, 0.15) is 20.7 Å². The zero-order chi connectivity index (χ0) is 19.8. The van der Waals surface area contributed by atoms with E-state index in [0.29, 0.717) is 17.3 Å². The number of nitrogens with one attached hydrogen (secondary N) is 1. The minimum absolute atomic E-state index is 0.206. The molecule has 1 amide bonds. The summed E-state index contributed by atoms with van der Waals surface area (Å²) in [4.78, 5) is 45.8. The van der Waals surface area contributed by atoms with Crippen LogP contribution in [-0.4, -0.2) is 35.3 Å². The zero-order valence-corrected chi connectivity index (χ0v) is 15.4. The smallest absolute Gasteiger partial charge is 0.338 e. The molecule has 2 rings (SSSR count). The molecule has 8 heteroatoms. The predicted molar refractivity (Wildman–Crippen MR) is 101 cm³/mol. The molecule has 0 aliphatic carbocycles. The highest BCUT2D eigenvalue weighted by molar-refractivity contribution is 9.10. The van der Waals surface area contributed by atoms with E-state index in [-0.39, 0.29) is 18.0 Å². The number of rotatable bonds is 7. The predicted octanol–water partition coefficient (Wildman–Crippen LogP) is 3.07. The second-order valence-corrected chi connectivity index (χ2v) is 6.16. The second-order valence-electron chi connectivity index (χ2n) is 5.24. The van der Waals surface area contributed by atoms with E-state index >= 15 is 0 Å². The number of benzene rings is 2. The van der Waals surface area contributed by atoms with Crippen LogP contribution >= 0.6 is 15.9 Å². The van der Waals surface area contributed by atoms with Crippen molar-refractivity contribution in [1.29, 1.82) is 0 Å². The highest BCUT2D eigenvalue weighted by atomic mass is 79.9. The standard InChI is InChI=1S/C19H14BrNO6/c20-14-5-1-12(2-6-14)16(22)11-27-19(26)13-3-7-15(8-4-13)21-17(23)9-10-18(24)25/h1-10H,11H2,(H,21,23)(H,24,25)/b10-9+. The molecule has 0 heterocycles. The fraction of sp³-hybridized carbons (Fsp3) is 0.0526. The molecule has 0 aromatic heterocycles. The molecule has 2 aromatic carbocycles. The number of carbonyl (C=O) groups excluding carboxylic acids is 3. The summed E-state index contributed by atoms with van der Waals surface area (Å²) in [6.07, 6.45) is 1.59. The Morgan fingerprint density at radius 3 is 2.11 bits per heavy atom. The van der Waals surface area contributed by atoms with Crippen molar-refractivity contribution in [2.45, 2.75) is 0 Å². The van der Waals surface area contributed by atoms with E-state index in [2.05, 4.69) is 21.2 Å². The Morgan fingerprint density at radius 2 is 1.52 bits per heavy atom. The lowest BCUT2D eigenvalue weighted by molar-refractivity contribution is -0.131. The molecular weight excluding hydrogens is 418 g/mol. The van der Waals surface area contributed by atoms with Crippen molar-refractivity contribution in [3.8, 4) is 0 Å². The van der Waals surface area contributed by atoms with Crippen LogP contribution < -0.4 is 5.32 Å². The fourth-order valence-corrected chi connectivity index (χ4v) is 2.22. The maximum Gasteiger partial charge on any atom is 0.338 e. The summed E-state index contributed by atoms with van der Waals surface area (Å²) in [6.45, 7) is -0.390. The van der Waals surface area contributed by atoms with Gasteiger partial charge in [0.05, 0.1) is 5.56 Å². The largest absolute Gasteiger partial charge is 0.478 e. The number of ether oxygens (including phenoxy) is 1. The van der Waals surface area contributed by atoms with Crippen LogP contribution in [0.5, 0.6) is 0 Å². The number of anilines is 1. The Hall–Kier alpha value is -3.26. The van der Waals surface area contributed by atoms with Crippen molar-refractivity contribution in [2.24, 2.45) is 0 Å².